The number of rotatable bonds is 4. The minimum absolute atomic E-state index is 0.0990. The first-order valence-corrected chi connectivity index (χ1v) is 4.66. The Morgan fingerprint density at radius 3 is 2.56 bits per heavy atom. The number of nitrogens with zero attached hydrogens (tertiary/aromatic N) is 1. The number of hydrogen-bond donors (Lipinski definition) is 3. The van der Waals surface area contributed by atoms with Crippen LogP contribution in [0.15, 0.2) is 24.3 Å². The highest BCUT2D eigenvalue weighted by atomic mass is 16.5. The van der Waals surface area contributed by atoms with E-state index in [4.69, 9.17) is 11.5 Å². The molecule has 16 heavy (non-hydrogen) atoms. The van der Waals surface area contributed by atoms with Crippen molar-refractivity contribution in [1.29, 1.82) is 0 Å². The molecule has 0 heterocycles. The zero-order chi connectivity index (χ0) is 12.1. The average molecular weight is 223 g/mol. The van der Waals surface area contributed by atoms with Crippen molar-refractivity contribution in [3.8, 4) is 0 Å². The van der Waals surface area contributed by atoms with Gasteiger partial charge in [0.15, 0.2) is 0 Å². The predicted octanol–water partition coefficient (Wildman–Crippen LogP) is 0.256. The maximum absolute atomic E-state index is 11.4. The van der Waals surface area contributed by atoms with Crippen LogP contribution in [0.4, 0.5) is 11.4 Å². The van der Waals surface area contributed by atoms with Crippen LogP contribution in [0, 0.1) is 0 Å². The van der Waals surface area contributed by atoms with Crippen LogP contribution in [0.3, 0.4) is 0 Å². The summed E-state index contributed by atoms with van der Waals surface area (Å²) in [7, 11) is 0. The predicted molar refractivity (Wildman–Crippen MR) is 58.6 cm³/mol. The first kappa shape index (κ1) is 12.0. The van der Waals surface area contributed by atoms with Gasteiger partial charge in [0.05, 0.1) is 5.69 Å². The van der Waals surface area contributed by atoms with Crippen LogP contribution >= 0.6 is 0 Å². The summed E-state index contributed by atoms with van der Waals surface area (Å²) < 4.78 is 0. The Bertz CT molecular complexity index is 406. The van der Waals surface area contributed by atoms with E-state index < -0.39 is 11.8 Å². The lowest BCUT2D eigenvalue weighted by Gasteiger charge is -2.14. The number of hydroxylamine groups is 1. The van der Waals surface area contributed by atoms with Gasteiger partial charge in [0.2, 0.25) is 5.91 Å². The summed E-state index contributed by atoms with van der Waals surface area (Å²) in [5.74, 6) is -1.20. The van der Waals surface area contributed by atoms with Crippen molar-refractivity contribution in [2.24, 2.45) is 5.73 Å². The van der Waals surface area contributed by atoms with Crippen molar-refractivity contribution < 1.29 is 14.8 Å². The minimum Gasteiger partial charge on any atom is -0.399 e. The molecule has 0 atom stereocenters. The van der Waals surface area contributed by atoms with Crippen molar-refractivity contribution in [1.82, 2.24) is 0 Å². The molecule has 0 aliphatic heterocycles. The van der Waals surface area contributed by atoms with Gasteiger partial charge in [0.25, 0.3) is 5.91 Å². The van der Waals surface area contributed by atoms with Crippen molar-refractivity contribution in [3.05, 3.63) is 24.3 Å². The summed E-state index contributed by atoms with van der Waals surface area (Å²) in [5.41, 5.74) is 11.1. The largest absolute Gasteiger partial charge is 0.399 e. The molecular formula is C10H13N3O3. The summed E-state index contributed by atoms with van der Waals surface area (Å²) in [6.45, 7) is 0. The Labute approximate surface area is 92.4 Å². The molecule has 6 heteroatoms. The number of nitrogens with two attached hydrogens (primary N) is 2. The van der Waals surface area contributed by atoms with Crippen LogP contribution in [0.2, 0.25) is 0 Å². The Balaban J connectivity index is 2.66. The molecule has 0 saturated heterocycles. The normalized spacial score (nSPS) is 9.81. The van der Waals surface area contributed by atoms with Gasteiger partial charge >= 0.3 is 0 Å². The van der Waals surface area contributed by atoms with Crippen LogP contribution < -0.4 is 16.5 Å². The fraction of sp³-hybridized carbons (Fsp3) is 0.200. The summed E-state index contributed by atoms with van der Waals surface area (Å²) >= 11 is 0. The molecule has 1 aromatic carbocycles. The molecule has 86 valence electrons. The second kappa shape index (κ2) is 5.13. The number of primary amides is 1. The Morgan fingerprint density at radius 2 is 2.00 bits per heavy atom. The molecule has 0 radical (unpaired) electrons. The van der Waals surface area contributed by atoms with Gasteiger partial charge in [-0.15, -0.1) is 0 Å². The van der Waals surface area contributed by atoms with Gasteiger partial charge in [0.1, 0.15) is 0 Å². The Kier molecular flexibility index (Phi) is 3.84. The number of carbonyl (C=O) groups excluding carboxylic acids is 2. The third kappa shape index (κ3) is 3.25. The molecule has 5 N–H and O–H groups in total. The highest BCUT2D eigenvalue weighted by molar-refractivity contribution is 5.93. The SMILES string of the molecule is NC(=O)CCC(=O)N(O)c1cccc(N)c1. The molecule has 0 spiro atoms. The van der Waals surface area contributed by atoms with Gasteiger partial charge in [-0.05, 0) is 18.2 Å². The summed E-state index contributed by atoms with van der Waals surface area (Å²) in [6.07, 6.45) is -0.237. The average Bonchev–Trinajstić information content (AvgIpc) is 2.24. The van der Waals surface area contributed by atoms with Crippen molar-refractivity contribution >= 4 is 23.2 Å². The third-order valence-electron chi connectivity index (χ3n) is 1.94. The van der Waals surface area contributed by atoms with Crippen LogP contribution in [-0.4, -0.2) is 17.0 Å². The number of nitrogen functional groups attached to an aromatic ring is 1. The van der Waals surface area contributed by atoms with Gasteiger partial charge in [-0.1, -0.05) is 6.07 Å². The van der Waals surface area contributed by atoms with E-state index in [1.54, 1.807) is 12.1 Å². The number of hydrogen-bond acceptors (Lipinski definition) is 4. The molecule has 0 aromatic heterocycles. The van der Waals surface area contributed by atoms with Crippen LogP contribution in [0.5, 0.6) is 0 Å². The Morgan fingerprint density at radius 1 is 1.31 bits per heavy atom. The summed E-state index contributed by atoms with van der Waals surface area (Å²) in [6, 6.07) is 6.21. The van der Waals surface area contributed by atoms with E-state index in [9.17, 15) is 14.8 Å². The first-order chi connectivity index (χ1) is 7.50. The zero-order valence-corrected chi connectivity index (χ0v) is 8.59. The lowest BCUT2D eigenvalue weighted by atomic mass is 10.2. The van der Waals surface area contributed by atoms with E-state index in [1.165, 1.54) is 12.1 Å². The lowest BCUT2D eigenvalue weighted by molar-refractivity contribution is -0.126. The fourth-order valence-corrected chi connectivity index (χ4v) is 1.14. The van der Waals surface area contributed by atoms with Crippen molar-refractivity contribution in [2.75, 3.05) is 10.8 Å². The molecule has 1 aromatic rings. The Hall–Kier alpha value is -2.08. The molecule has 0 bridgehead atoms. The van der Waals surface area contributed by atoms with E-state index in [-0.39, 0.29) is 18.5 Å². The summed E-state index contributed by atoms with van der Waals surface area (Å²) in [5, 5.41) is 9.96. The smallest absolute Gasteiger partial charge is 0.251 e. The number of amides is 2. The molecule has 0 fully saturated rings. The maximum Gasteiger partial charge on any atom is 0.251 e. The second-order valence-corrected chi connectivity index (χ2v) is 3.27. The minimum atomic E-state index is -0.607. The second-order valence-electron chi connectivity index (χ2n) is 3.27. The molecule has 2 amide bonds. The van der Waals surface area contributed by atoms with Gasteiger partial charge in [-0.2, -0.15) is 5.06 Å². The van der Waals surface area contributed by atoms with Crippen molar-refractivity contribution in [2.45, 2.75) is 12.8 Å². The van der Waals surface area contributed by atoms with Gasteiger partial charge in [-0.25, -0.2) is 0 Å². The van der Waals surface area contributed by atoms with Crippen molar-refractivity contribution in [3.63, 3.8) is 0 Å². The topological polar surface area (TPSA) is 110 Å². The van der Waals surface area contributed by atoms with E-state index in [2.05, 4.69) is 0 Å². The highest BCUT2D eigenvalue weighted by Gasteiger charge is 2.13. The van der Waals surface area contributed by atoms with E-state index in [0.717, 1.165) is 0 Å². The standard InChI is InChI=1S/C10H13N3O3/c11-7-2-1-3-8(6-7)13(16)10(15)5-4-9(12)14/h1-3,6,16H,4-5,11H2,(H2,12,14). The first-order valence-electron chi connectivity index (χ1n) is 4.66. The fourth-order valence-electron chi connectivity index (χ4n) is 1.14. The monoisotopic (exact) mass is 223 g/mol. The van der Waals surface area contributed by atoms with Crippen LogP contribution in [0.25, 0.3) is 0 Å². The van der Waals surface area contributed by atoms with E-state index in [1.807, 2.05) is 0 Å². The van der Waals surface area contributed by atoms with Gasteiger partial charge in [0, 0.05) is 18.5 Å². The third-order valence-corrected chi connectivity index (χ3v) is 1.94. The van der Waals surface area contributed by atoms with Crippen LogP contribution in [0.1, 0.15) is 12.8 Å². The molecule has 0 aliphatic rings. The molecule has 1 rings (SSSR count). The number of anilines is 2. The summed E-state index contributed by atoms with van der Waals surface area (Å²) in [4.78, 5) is 21.9. The quantitative estimate of drug-likeness (QED) is 0.386. The van der Waals surface area contributed by atoms with Gasteiger partial charge in [-0.3, -0.25) is 14.8 Å². The zero-order valence-electron chi connectivity index (χ0n) is 8.59. The molecule has 0 unspecified atom stereocenters. The number of carbonyl (C=O) groups is 2. The van der Waals surface area contributed by atoms with Gasteiger partial charge < -0.3 is 11.5 Å². The highest BCUT2D eigenvalue weighted by Crippen LogP contribution is 2.16. The number of benzene rings is 1. The maximum atomic E-state index is 11.4. The molecular weight excluding hydrogens is 210 g/mol. The molecule has 0 saturated carbocycles. The van der Waals surface area contributed by atoms with E-state index >= 15 is 0 Å². The molecule has 0 aliphatic carbocycles. The van der Waals surface area contributed by atoms with Crippen LogP contribution in [-0.2, 0) is 9.59 Å². The van der Waals surface area contributed by atoms with E-state index in [0.29, 0.717) is 10.8 Å². The lowest BCUT2D eigenvalue weighted by Crippen LogP contribution is -2.28. The molecule has 6 nitrogen and oxygen atoms in total.